The van der Waals surface area contributed by atoms with Gasteiger partial charge < -0.3 is 0 Å². The third-order valence-electron chi connectivity index (χ3n) is 3.01. The number of benzene rings is 2. The van der Waals surface area contributed by atoms with Gasteiger partial charge in [-0.3, -0.25) is 0 Å². The van der Waals surface area contributed by atoms with Crippen molar-refractivity contribution in [2.45, 2.75) is 12.8 Å². The molecule has 3 heteroatoms. The molecule has 0 amide bonds. The van der Waals surface area contributed by atoms with E-state index in [1.165, 1.54) is 16.5 Å². The van der Waals surface area contributed by atoms with Gasteiger partial charge in [0.05, 0.1) is 0 Å². The van der Waals surface area contributed by atoms with Crippen LogP contribution in [-0.4, -0.2) is 0 Å². The minimum atomic E-state index is 0.736. The van der Waals surface area contributed by atoms with Crippen molar-refractivity contribution in [1.29, 1.82) is 0 Å². The first-order valence-electron chi connectivity index (χ1n) is 4.99. The molecule has 15 heavy (non-hydrogen) atoms. The largest absolute Gasteiger partial charge is 0.0613 e. The monoisotopic (exact) mass is 195 g/mol. The van der Waals surface area contributed by atoms with E-state index in [0.29, 0.717) is 0 Å². The van der Waals surface area contributed by atoms with Gasteiger partial charge in [0.1, 0.15) is 0 Å². The normalized spacial score (nSPS) is 12.8. The van der Waals surface area contributed by atoms with E-state index in [2.05, 4.69) is 22.2 Å². The molecule has 0 aliphatic heterocycles. The molecule has 0 bridgehead atoms. The third-order valence-corrected chi connectivity index (χ3v) is 3.01. The second kappa shape index (κ2) is 3.01. The molecule has 3 nitrogen and oxygen atoms in total. The average molecular weight is 195 g/mol. The van der Waals surface area contributed by atoms with Gasteiger partial charge in [0.15, 0.2) is 0 Å². The zero-order valence-electron chi connectivity index (χ0n) is 8.14. The van der Waals surface area contributed by atoms with Crippen molar-refractivity contribution < 1.29 is 0 Å². The summed E-state index contributed by atoms with van der Waals surface area (Å²) in [5.74, 6) is 0. The highest BCUT2D eigenvalue weighted by Crippen LogP contribution is 2.36. The Labute approximate surface area is 87.0 Å². The predicted molar refractivity (Wildman–Crippen MR) is 60.2 cm³/mol. The molecule has 0 atom stereocenters. The fourth-order valence-electron chi connectivity index (χ4n) is 2.37. The second-order valence-corrected chi connectivity index (χ2v) is 3.77. The SMILES string of the molecule is [N-]=[N+]=Nc1ccc2c3c(cccc13)CC2. The van der Waals surface area contributed by atoms with E-state index in [1.54, 1.807) is 0 Å². The first-order chi connectivity index (χ1) is 7.40. The van der Waals surface area contributed by atoms with Crippen LogP contribution in [0, 0.1) is 0 Å². The molecular formula is C12H9N3. The van der Waals surface area contributed by atoms with Crippen LogP contribution in [0.15, 0.2) is 35.4 Å². The molecule has 1 aliphatic carbocycles. The standard InChI is InChI=1S/C12H9N3/c13-15-14-11-7-6-9-5-4-8-2-1-3-10(11)12(8)9/h1-3,6-7H,4-5H2. The maximum atomic E-state index is 8.49. The van der Waals surface area contributed by atoms with E-state index in [9.17, 15) is 0 Å². The van der Waals surface area contributed by atoms with Crippen LogP contribution in [-0.2, 0) is 12.8 Å². The summed E-state index contributed by atoms with van der Waals surface area (Å²) in [6.07, 6.45) is 2.21. The van der Waals surface area contributed by atoms with E-state index >= 15 is 0 Å². The molecule has 0 spiro atoms. The van der Waals surface area contributed by atoms with Crippen LogP contribution in [0.4, 0.5) is 5.69 Å². The first-order valence-corrected chi connectivity index (χ1v) is 4.99. The summed E-state index contributed by atoms with van der Waals surface area (Å²) < 4.78 is 0. The van der Waals surface area contributed by atoms with Crippen LogP contribution >= 0.6 is 0 Å². The Morgan fingerprint density at radius 2 is 1.87 bits per heavy atom. The zero-order valence-corrected chi connectivity index (χ0v) is 8.14. The molecule has 0 fully saturated rings. The maximum absolute atomic E-state index is 8.49. The van der Waals surface area contributed by atoms with Gasteiger partial charge in [0, 0.05) is 10.6 Å². The third kappa shape index (κ3) is 1.10. The molecular weight excluding hydrogens is 186 g/mol. The molecule has 2 aromatic rings. The van der Waals surface area contributed by atoms with E-state index in [0.717, 1.165) is 23.9 Å². The molecule has 72 valence electrons. The zero-order chi connectivity index (χ0) is 10.3. The predicted octanol–water partition coefficient (Wildman–Crippen LogP) is 3.88. The van der Waals surface area contributed by atoms with Crippen molar-refractivity contribution in [3.8, 4) is 0 Å². The van der Waals surface area contributed by atoms with E-state index in [1.807, 2.05) is 18.2 Å². The van der Waals surface area contributed by atoms with Gasteiger partial charge in [-0.2, -0.15) is 0 Å². The van der Waals surface area contributed by atoms with Gasteiger partial charge in [-0.25, -0.2) is 0 Å². The molecule has 2 aromatic carbocycles. The summed E-state index contributed by atoms with van der Waals surface area (Å²) in [5, 5.41) is 6.10. The molecule has 0 saturated carbocycles. The Morgan fingerprint density at radius 1 is 1.07 bits per heavy atom. The second-order valence-electron chi connectivity index (χ2n) is 3.77. The topological polar surface area (TPSA) is 48.8 Å². The number of hydrogen-bond acceptors (Lipinski definition) is 1. The number of aryl methyl sites for hydroxylation is 2. The van der Waals surface area contributed by atoms with Gasteiger partial charge in [-0.05, 0) is 40.3 Å². The Balaban J connectivity index is 2.48. The summed E-state index contributed by atoms with van der Waals surface area (Å²) >= 11 is 0. The molecule has 0 aromatic heterocycles. The quantitative estimate of drug-likeness (QED) is 0.376. The number of rotatable bonds is 1. The fraction of sp³-hybridized carbons (Fsp3) is 0.167. The van der Waals surface area contributed by atoms with Gasteiger partial charge in [0.2, 0.25) is 0 Å². The van der Waals surface area contributed by atoms with Crippen molar-refractivity contribution in [2.24, 2.45) is 5.11 Å². The Kier molecular flexibility index (Phi) is 1.67. The average Bonchev–Trinajstić information content (AvgIpc) is 2.68. The minimum Gasteiger partial charge on any atom is -0.0613 e. The Bertz CT molecular complexity index is 585. The van der Waals surface area contributed by atoms with Crippen LogP contribution < -0.4 is 0 Å². The lowest BCUT2D eigenvalue weighted by Crippen LogP contribution is -1.78. The number of nitrogens with zero attached hydrogens (tertiary/aromatic N) is 3. The van der Waals surface area contributed by atoms with Gasteiger partial charge in [-0.1, -0.05) is 35.4 Å². The van der Waals surface area contributed by atoms with Crippen LogP contribution in [0.3, 0.4) is 0 Å². The molecule has 0 radical (unpaired) electrons. The van der Waals surface area contributed by atoms with Crippen molar-refractivity contribution in [3.63, 3.8) is 0 Å². The Hall–Kier alpha value is -1.99. The summed E-state index contributed by atoms with van der Waals surface area (Å²) in [6, 6.07) is 10.2. The van der Waals surface area contributed by atoms with Crippen LogP contribution in [0.25, 0.3) is 21.2 Å². The lowest BCUT2D eigenvalue weighted by Gasteiger charge is -2.03. The van der Waals surface area contributed by atoms with Gasteiger partial charge >= 0.3 is 0 Å². The highest BCUT2D eigenvalue weighted by Gasteiger charge is 2.14. The van der Waals surface area contributed by atoms with Gasteiger partial charge in [0.25, 0.3) is 0 Å². The van der Waals surface area contributed by atoms with E-state index in [4.69, 9.17) is 5.53 Å². The molecule has 3 rings (SSSR count). The number of azide groups is 1. The molecule has 1 aliphatic rings. The summed E-state index contributed by atoms with van der Waals surface area (Å²) in [6.45, 7) is 0. The van der Waals surface area contributed by atoms with E-state index in [-0.39, 0.29) is 0 Å². The first kappa shape index (κ1) is 8.33. The smallest absolute Gasteiger partial charge is 0.0454 e. The van der Waals surface area contributed by atoms with Crippen molar-refractivity contribution in [2.75, 3.05) is 0 Å². The van der Waals surface area contributed by atoms with Gasteiger partial charge in [-0.15, -0.1) is 0 Å². The highest BCUT2D eigenvalue weighted by molar-refractivity contribution is 5.98. The molecule has 0 unspecified atom stereocenters. The molecule has 0 N–H and O–H groups in total. The lowest BCUT2D eigenvalue weighted by atomic mass is 10.0. The Morgan fingerprint density at radius 3 is 2.67 bits per heavy atom. The van der Waals surface area contributed by atoms with Crippen molar-refractivity contribution in [1.82, 2.24) is 0 Å². The van der Waals surface area contributed by atoms with Crippen LogP contribution in [0.2, 0.25) is 0 Å². The fourth-order valence-corrected chi connectivity index (χ4v) is 2.37. The summed E-state index contributed by atoms with van der Waals surface area (Å²) in [5.41, 5.74) is 12.0. The van der Waals surface area contributed by atoms with Crippen molar-refractivity contribution in [3.05, 3.63) is 51.9 Å². The van der Waals surface area contributed by atoms with Crippen LogP contribution in [0.1, 0.15) is 11.1 Å². The van der Waals surface area contributed by atoms with Crippen LogP contribution in [0.5, 0.6) is 0 Å². The highest BCUT2D eigenvalue weighted by atomic mass is 15.1. The molecule has 0 heterocycles. The summed E-state index contributed by atoms with van der Waals surface area (Å²) in [7, 11) is 0. The molecule has 0 saturated heterocycles. The number of hydrogen-bond donors (Lipinski definition) is 0. The van der Waals surface area contributed by atoms with E-state index < -0.39 is 0 Å². The lowest BCUT2D eigenvalue weighted by molar-refractivity contribution is 1.02. The minimum absolute atomic E-state index is 0.736. The summed E-state index contributed by atoms with van der Waals surface area (Å²) in [4.78, 5) is 2.86. The van der Waals surface area contributed by atoms with Crippen molar-refractivity contribution >= 4 is 16.5 Å². The maximum Gasteiger partial charge on any atom is 0.0454 e.